The molecule has 0 heterocycles. The van der Waals surface area contributed by atoms with Gasteiger partial charge in [-0.2, -0.15) is 8.42 Å². The minimum absolute atomic E-state index is 0.138. The van der Waals surface area contributed by atoms with Gasteiger partial charge in [-0.05, 0) is 13.8 Å². The second-order valence-corrected chi connectivity index (χ2v) is 4.70. The molecule has 0 spiro atoms. The van der Waals surface area contributed by atoms with Crippen molar-refractivity contribution in [2.24, 2.45) is 0 Å². The van der Waals surface area contributed by atoms with Crippen LogP contribution in [0.1, 0.15) is 13.8 Å². The first-order valence-corrected chi connectivity index (χ1v) is 5.86. The summed E-state index contributed by atoms with van der Waals surface area (Å²) in [6.07, 6.45) is 0.387. The van der Waals surface area contributed by atoms with Gasteiger partial charge in [0.15, 0.2) is 0 Å². The number of hydrogen-bond donors (Lipinski definition) is 1. The van der Waals surface area contributed by atoms with Gasteiger partial charge in [0.2, 0.25) is 5.91 Å². The van der Waals surface area contributed by atoms with Gasteiger partial charge >= 0.3 is 0 Å². The summed E-state index contributed by atoms with van der Waals surface area (Å²) in [4.78, 5) is 11.0. The smallest absolute Gasteiger partial charge is 0.264 e. The van der Waals surface area contributed by atoms with Crippen LogP contribution in [0.5, 0.6) is 0 Å². The van der Waals surface area contributed by atoms with Crippen LogP contribution in [0.2, 0.25) is 0 Å². The fourth-order valence-corrected chi connectivity index (χ4v) is 1.38. The molecule has 0 fully saturated rings. The van der Waals surface area contributed by atoms with Crippen LogP contribution in [-0.2, 0) is 19.1 Å². The molecule has 1 unspecified atom stereocenters. The Balaban J connectivity index is 3.92. The number of carbonyl (C=O) groups is 1. The van der Waals surface area contributed by atoms with Crippen LogP contribution in [0.15, 0.2) is 12.2 Å². The van der Waals surface area contributed by atoms with E-state index in [0.717, 1.165) is 6.26 Å². The van der Waals surface area contributed by atoms with Gasteiger partial charge in [0, 0.05) is 12.1 Å². The minimum Gasteiger partial charge on any atom is -0.350 e. The van der Waals surface area contributed by atoms with Gasteiger partial charge < -0.3 is 5.32 Å². The molecule has 6 heteroatoms. The topological polar surface area (TPSA) is 72.5 Å². The molecule has 0 rings (SSSR count). The van der Waals surface area contributed by atoms with Crippen molar-refractivity contribution in [3.05, 3.63) is 12.2 Å². The van der Waals surface area contributed by atoms with Crippen LogP contribution in [0.3, 0.4) is 0 Å². The molecular formula is C8H15NO4S. The molecular weight excluding hydrogens is 206 g/mol. The summed E-state index contributed by atoms with van der Waals surface area (Å²) in [5, 5.41) is 2.48. The second-order valence-electron chi connectivity index (χ2n) is 3.10. The van der Waals surface area contributed by atoms with E-state index in [4.69, 9.17) is 0 Å². The third kappa shape index (κ3) is 6.62. The van der Waals surface area contributed by atoms with Crippen LogP contribution < -0.4 is 5.32 Å². The van der Waals surface area contributed by atoms with Crippen LogP contribution in [0.25, 0.3) is 0 Å². The van der Waals surface area contributed by atoms with Gasteiger partial charge in [-0.15, -0.1) is 0 Å². The summed E-state index contributed by atoms with van der Waals surface area (Å²) in [6.45, 7) is 6.70. The Morgan fingerprint density at radius 3 is 2.43 bits per heavy atom. The highest BCUT2D eigenvalue weighted by Gasteiger charge is 2.11. The third-order valence-corrected chi connectivity index (χ3v) is 1.95. The van der Waals surface area contributed by atoms with E-state index in [-0.39, 0.29) is 12.5 Å². The maximum Gasteiger partial charge on any atom is 0.264 e. The Hall–Kier alpha value is -0.880. The highest BCUT2D eigenvalue weighted by molar-refractivity contribution is 7.86. The molecule has 0 aliphatic carbocycles. The lowest BCUT2D eigenvalue weighted by Crippen LogP contribution is -2.33. The summed E-state index contributed by atoms with van der Waals surface area (Å²) >= 11 is 0. The van der Waals surface area contributed by atoms with Crippen molar-refractivity contribution in [2.45, 2.75) is 20.0 Å². The van der Waals surface area contributed by atoms with Crippen LogP contribution in [-0.4, -0.2) is 33.2 Å². The van der Waals surface area contributed by atoms with E-state index < -0.39 is 16.2 Å². The van der Waals surface area contributed by atoms with Crippen LogP contribution in [0, 0.1) is 0 Å². The van der Waals surface area contributed by atoms with Gasteiger partial charge in [0.05, 0.1) is 12.4 Å². The number of rotatable bonds is 5. The predicted octanol–water partition coefficient (Wildman–Crippen LogP) is 0.0434. The van der Waals surface area contributed by atoms with E-state index in [1.165, 1.54) is 0 Å². The molecule has 0 aliphatic rings. The summed E-state index contributed by atoms with van der Waals surface area (Å²) in [6, 6.07) is 0. The van der Waals surface area contributed by atoms with Gasteiger partial charge in [0.1, 0.15) is 0 Å². The van der Waals surface area contributed by atoms with Crippen molar-refractivity contribution in [1.29, 1.82) is 0 Å². The van der Waals surface area contributed by atoms with Crippen LogP contribution in [0.4, 0.5) is 0 Å². The molecule has 0 aliphatic heterocycles. The summed E-state index contributed by atoms with van der Waals surface area (Å²) in [5.74, 6) is -0.311. The molecule has 14 heavy (non-hydrogen) atoms. The first-order valence-electron chi connectivity index (χ1n) is 4.04. The Bertz CT molecular complexity index is 320. The van der Waals surface area contributed by atoms with Crippen molar-refractivity contribution in [3.63, 3.8) is 0 Å². The number of hydrogen-bond acceptors (Lipinski definition) is 4. The van der Waals surface area contributed by atoms with Crippen molar-refractivity contribution < 1.29 is 17.4 Å². The highest BCUT2D eigenvalue weighted by atomic mass is 32.2. The average molecular weight is 221 g/mol. The lowest BCUT2D eigenvalue weighted by Gasteiger charge is -2.11. The molecule has 1 N–H and O–H groups in total. The fraction of sp³-hybridized carbons (Fsp3) is 0.625. The predicted molar refractivity (Wildman–Crippen MR) is 53.2 cm³/mol. The average Bonchev–Trinajstić information content (AvgIpc) is 1.96. The molecule has 0 aromatic heterocycles. The normalized spacial score (nSPS) is 13.4. The molecule has 1 atom stereocenters. The summed E-state index contributed by atoms with van der Waals surface area (Å²) in [5.41, 5.74) is 0.372. The molecule has 0 radical (unpaired) electrons. The van der Waals surface area contributed by atoms with Gasteiger partial charge in [-0.25, -0.2) is 0 Å². The second kappa shape index (κ2) is 5.11. The largest absolute Gasteiger partial charge is 0.350 e. The van der Waals surface area contributed by atoms with E-state index in [1.54, 1.807) is 13.8 Å². The van der Waals surface area contributed by atoms with E-state index >= 15 is 0 Å². The maximum atomic E-state index is 11.0. The molecule has 1 amide bonds. The van der Waals surface area contributed by atoms with Crippen molar-refractivity contribution >= 4 is 16.0 Å². The molecule has 82 valence electrons. The SMILES string of the molecule is C=C(C)C(=O)NCC(C)OS(C)(=O)=O. The summed E-state index contributed by atoms with van der Waals surface area (Å²) in [7, 11) is -3.47. The Kier molecular flexibility index (Phi) is 4.79. The van der Waals surface area contributed by atoms with Crippen molar-refractivity contribution in [2.75, 3.05) is 12.8 Å². The van der Waals surface area contributed by atoms with E-state index in [1.807, 2.05) is 0 Å². The Labute approximate surface area is 84.3 Å². The molecule has 0 saturated heterocycles. The van der Waals surface area contributed by atoms with E-state index in [9.17, 15) is 13.2 Å². The number of nitrogens with one attached hydrogen (secondary N) is 1. The maximum absolute atomic E-state index is 11.0. The third-order valence-electron chi connectivity index (χ3n) is 1.28. The quantitative estimate of drug-likeness (QED) is 0.525. The van der Waals surface area contributed by atoms with Gasteiger partial charge in [0.25, 0.3) is 10.1 Å². The van der Waals surface area contributed by atoms with Gasteiger partial charge in [-0.3, -0.25) is 8.98 Å². The molecule has 0 aromatic rings. The van der Waals surface area contributed by atoms with Crippen LogP contribution >= 0.6 is 0 Å². The molecule has 0 saturated carbocycles. The highest BCUT2D eigenvalue weighted by Crippen LogP contribution is 1.96. The van der Waals surface area contributed by atoms with Crippen molar-refractivity contribution in [3.8, 4) is 0 Å². The lowest BCUT2D eigenvalue weighted by molar-refractivity contribution is -0.117. The first kappa shape index (κ1) is 13.1. The zero-order chi connectivity index (χ0) is 11.4. The zero-order valence-electron chi connectivity index (χ0n) is 8.53. The standard InChI is InChI=1S/C8H15NO4S/c1-6(2)8(10)9-5-7(3)13-14(4,11)12/h7H,1,5H2,2-4H3,(H,9,10). The van der Waals surface area contributed by atoms with E-state index in [0.29, 0.717) is 5.57 Å². The van der Waals surface area contributed by atoms with Gasteiger partial charge in [-0.1, -0.05) is 6.58 Å². The fourth-order valence-electron chi connectivity index (χ4n) is 0.720. The lowest BCUT2D eigenvalue weighted by atomic mass is 10.3. The number of carbonyl (C=O) groups excluding carboxylic acids is 1. The summed E-state index contributed by atoms with van der Waals surface area (Å²) < 4.78 is 25.9. The molecule has 5 nitrogen and oxygen atoms in total. The zero-order valence-corrected chi connectivity index (χ0v) is 9.35. The molecule has 0 aromatic carbocycles. The monoisotopic (exact) mass is 221 g/mol. The first-order chi connectivity index (χ1) is 6.22. The molecule has 0 bridgehead atoms. The Morgan fingerprint density at radius 1 is 1.57 bits per heavy atom. The Morgan fingerprint density at radius 2 is 2.07 bits per heavy atom. The number of amides is 1. The van der Waals surface area contributed by atoms with Crippen molar-refractivity contribution in [1.82, 2.24) is 5.32 Å². The minimum atomic E-state index is -3.47. The van der Waals surface area contributed by atoms with E-state index in [2.05, 4.69) is 16.1 Å².